The minimum atomic E-state index is -1.91. The Hall–Kier alpha value is -3.82. The van der Waals surface area contributed by atoms with E-state index in [2.05, 4.69) is 5.32 Å². The first-order chi connectivity index (χ1) is 16.3. The molecule has 9 heteroatoms. The van der Waals surface area contributed by atoms with E-state index in [9.17, 15) is 28.6 Å². The molecule has 0 fully saturated rings. The molecule has 0 saturated heterocycles. The Morgan fingerprint density at radius 1 is 0.941 bits per heavy atom. The molecule has 4 N–H and O–H groups in total. The van der Waals surface area contributed by atoms with Gasteiger partial charge in [0.2, 0.25) is 0 Å². The molecule has 4 rings (SSSR count). The Morgan fingerprint density at radius 3 is 2.12 bits per heavy atom. The number of amides is 1. The quantitative estimate of drug-likeness (QED) is 0.420. The highest BCUT2D eigenvalue weighted by Gasteiger charge is 2.30. The SMILES string of the molecule is O=C(NCC(O)C(O)c1ccc(F)c(C(=O)O)c1F)OCC1c2ccccc2-c2ccccc21. The summed E-state index contributed by atoms with van der Waals surface area (Å²) in [6, 6.07) is 17.1. The number of rotatable bonds is 7. The Morgan fingerprint density at radius 2 is 1.53 bits per heavy atom. The van der Waals surface area contributed by atoms with E-state index in [0.29, 0.717) is 6.07 Å². The third-order valence-electron chi connectivity index (χ3n) is 5.82. The Kier molecular flexibility index (Phi) is 6.58. The summed E-state index contributed by atoms with van der Waals surface area (Å²) in [7, 11) is 0. The van der Waals surface area contributed by atoms with E-state index in [4.69, 9.17) is 9.84 Å². The number of hydrogen-bond donors (Lipinski definition) is 4. The number of benzene rings is 3. The number of aromatic carboxylic acids is 1. The molecule has 0 aliphatic heterocycles. The topological polar surface area (TPSA) is 116 Å². The highest BCUT2D eigenvalue weighted by molar-refractivity contribution is 5.88. The van der Waals surface area contributed by atoms with Crippen LogP contribution in [0.1, 0.15) is 39.1 Å². The van der Waals surface area contributed by atoms with Crippen LogP contribution in [0.25, 0.3) is 11.1 Å². The van der Waals surface area contributed by atoms with Crippen LogP contribution in [-0.4, -0.2) is 46.6 Å². The standard InChI is InChI=1S/C25H21F2NO6/c26-19-10-9-17(22(27)21(19)24(31)32)23(30)20(29)11-28-25(33)34-12-18-15-7-3-1-5-13(15)14-6-2-4-8-16(14)18/h1-10,18,20,23,29-30H,11-12H2,(H,28,33)(H,31,32). The number of nitrogens with one attached hydrogen (secondary N) is 1. The minimum absolute atomic E-state index is 0.0348. The van der Waals surface area contributed by atoms with Crippen LogP contribution in [0, 0.1) is 11.6 Å². The lowest BCUT2D eigenvalue weighted by molar-refractivity contribution is 0.0163. The second-order valence-electron chi connectivity index (χ2n) is 7.85. The van der Waals surface area contributed by atoms with E-state index in [-0.39, 0.29) is 12.5 Å². The fourth-order valence-corrected chi connectivity index (χ4v) is 4.15. The molecular weight excluding hydrogens is 448 g/mol. The van der Waals surface area contributed by atoms with Gasteiger partial charge in [-0.3, -0.25) is 0 Å². The monoisotopic (exact) mass is 469 g/mol. The van der Waals surface area contributed by atoms with Crippen molar-refractivity contribution in [1.82, 2.24) is 5.32 Å². The normalized spacial score (nSPS) is 14.1. The molecule has 0 aromatic heterocycles. The molecule has 176 valence electrons. The molecule has 7 nitrogen and oxygen atoms in total. The third-order valence-corrected chi connectivity index (χ3v) is 5.82. The lowest BCUT2D eigenvalue weighted by Gasteiger charge is -2.20. The number of carbonyl (C=O) groups is 2. The van der Waals surface area contributed by atoms with E-state index >= 15 is 0 Å². The average Bonchev–Trinajstić information content (AvgIpc) is 3.14. The maximum Gasteiger partial charge on any atom is 0.407 e. The van der Waals surface area contributed by atoms with Crippen molar-refractivity contribution in [2.45, 2.75) is 18.1 Å². The van der Waals surface area contributed by atoms with Gasteiger partial charge in [-0.05, 0) is 28.3 Å². The maximum atomic E-state index is 14.3. The average molecular weight is 469 g/mol. The van der Waals surface area contributed by atoms with Crippen molar-refractivity contribution in [2.24, 2.45) is 0 Å². The number of alkyl carbamates (subject to hydrolysis) is 1. The van der Waals surface area contributed by atoms with Crippen LogP contribution < -0.4 is 5.32 Å². The number of carboxylic acid groups (broad SMARTS) is 1. The summed E-state index contributed by atoms with van der Waals surface area (Å²) in [6.45, 7) is -0.482. The van der Waals surface area contributed by atoms with Crippen molar-refractivity contribution in [2.75, 3.05) is 13.2 Å². The molecule has 0 bridgehead atoms. The van der Waals surface area contributed by atoms with Crippen LogP contribution >= 0.6 is 0 Å². The van der Waals surface area contributed by atoms with Crippen LogP contribution in [0.15, 0.2) is 60.7 Å². The van der Waals surface area contributed by atoms with Gasteiger partial charge in [0.25, 0.3) is 0 Å². The summed E-state index contributed by atoms with van der Waals surface area (Å²) < 4.78 is 33.2. The molecule has 0 saturated carbocycles. The van der Waals surface area contributed by atoms with Gasteiger partial charge in [-0.1, -0.05) is 54.6 Å². The zero-order valence-electron chi connectivity index (χ0n) is 17.7. The summed E-state index contributed by atoms with van der Waals surface area (Å²) in [5, 5.41) is 31.6. The Bertz CT molecular complexity index is 1200. The first-order valence-electron chi connectivity index (χ1n) is 10.5. The van der Waals surface area contributed by atoms with Gasteiger partial charge in [0.05, 0.1) is 0 Å². The maximum absolute atomic E-state index is 14.3. The molecule has 3 aromatic rings. The van der Waals surface area contributed by atoms with Crippen LogP contribution in [0.4, 0.5) is 13.6 Å². The molecule has 34 heavy (non-hydrogen) atoms. The van der Waals surface area contributed by atoms with Crippen molar-refractivity contribution in [3.8, 4) is 11.1 Å². The lowest BCUT2D eigenvalue weighted by Crippen LogP contribution is -2.36. The van der Waals surface area contributed by atoms with Gasteiger partial charge in [-0.25, -0.2) is 18.4 Å². The molecule has 2 atom stereocenters. The number of aliphatic hydroxyl groups excluding tert-OH is 2. The molecule has 1 aliphatic carbocycles. The second kappa shape index (κ2) is 9.58. The highest BCUT2D eigenvalue weighted by atomic mass is 19.1. The number of fused-ring (bicyclic) bond motifs is 3. The molecular formula is C25H21F2NO6. The van der Waals surface area contributed by atoms with Gasteiger partial charge in [0.1, 0.15) is 36.0 Å². The molecule has 1 aliphatic rings. The second-order valence-corrected chi connectivity index (χ2v) is 7.85. The smallest absolute Gasteiger partial charge is 0.407 e. The summed E-state index contributed by atoms with van der Waals surface area (Å²) in [6.07, 6.45) is -4.48. The van der Waals surface area contributed by atoms with E-state index in [0.717, 1.165) is 28.3 Å². The van der Waals surface area contributed by atoms with Gasteiger partial charge in [0, 0.05) is 18.0 Å². The van der Waals surface area contributed by atoms with Gasteiger partial charge >= 0.3 is 12.1 Å². The van der Waals surface area contributed by atoms with Gasteiger partial charge in [-0.15, -0.1) is 0 Å². The van der Waals surface area contributed by atoms with Gasteiger partial charge < -0.3 is 25.4 Å². The minimum Gasteiger partial charge on any atom is -0.477 e. The van der Waals surface area contributed by atoms with Crippen LogP contribution in [0.2, 0.25) is 0 Å². The predicted molar refractivity (Wildman–Crippen MR) is 117 cm³/mol. The summed E-state index contributed by atoms with van der Waals surface area (Å²) in [5.41, 5.74) is 2.32. The van der Waals surface area contributed by atoms with E-state index in [1.54, 1.807) is 0 Å². The Labute approximate surface area is 193 Å². The first kappa shape index (κ1) is 23.3. The van der Waals surface area contributed by atoms with E-state index in [1.165, 1.54) is 0 Å². The number of hydrogen-bond acceptors (Lipinski definition) is 5. The predicted octanol–water partition coefficient (Wildman–Crippen LogP) is 3.60. The number of aliphatic hydroxyl groups is 2. The number of halogens is 2. The van der Waals surface area contributed by atoms with Crippen molar-refractivity contribution in [3.63, 3.8) is 0 Å². The third kappa shape index (κ3) is 4.35. The van der Waals surface area contributed by atoms with Gasteiger partial charge in [-0.2, -0.15) is 0 Å². The number of ether oxygens (including phenoxy) is 1. The zero-order valence-corrected chi connectivity index (χ0v) is 17.7. The molecule has 0 heterocycles. The van der Waals surface area contributed by atoms with E-state index in [1.807, 2.05) is 48.5 Å². The van der Waals surface area contributed by atoms with E-state index < -0.39 is 53.6 Å². The lowest BCUT2D eigenvalue weighted by atomic mass is 9.98. The summed E-state index contributed by atoms with van der Waals surface area (Å²) in [5.74, 6) is -4.83. The number of carboxylic acids is 1. The van der Waals surface area contributed by atoms with Crippen molar-refractivity contribution >= 4 is 12.1 Å². The zero-order chi connectivity index (χ0) is 24.4. The molecule has 1 amide bonds. The molecule has 3 aromatic carbocycles. The van der Waals surface area contributed by atoms with Crippen LogP contribution in [-0.2, 0) is 4.74 Å². The van der Waals surface area contributed by atoms with Crippen molar-refractivity contribution < 1.29 is 38.4 Å². The fourth-order valence-electron chi connectivity index (χ4n) is 4.15. The largest absolute Gasteiger partial charge is 0.477 e. The van der Waals surface area contributed by atoms with Crippen LogP contribution in [0.3, 0.4) is 0 Å². The van der Waals surface area contributed by atoms with Gasteiger partial charge in [0.15, 0.2) is 0 Å². The fraction of sp³-hybridized carbons (Fsp3) is 0.200. The van der Waals surface area contributed by atoms with Crippen LogP contribution in [0.5, 0.6) is 0 Å². The Balaban J connectivity index is 1.37. The van der Waals surface area contributed by atoms with Crippen molar-refractivity contribution in [1.29, 1.82) is 0 Å². The number of carbonyl (C=O) groups excluding carboxylic acids is 1. The first-order valence-corrected chi connectivity index (χ1v) is 10.5. The molecule has 0 spiro atoms. The van der Waals surface area contributed by atoms with Crippen molar-refractivity contribution in [3.05, 3.63) is 94.6 Å². The molecule has 2 unspecified atom stereocenters. The summed E-state index contributed by atoms with van der Waals surface area (Å²) >= 11 is 0. The summed E-state index contributed by atoms with van der Waals surface area (Å²) in [4.78, 5) is 23.3. The molecule has 0 radical (unpaired) electrons. The highest BCUT2D eigenvalue weighted by Crippen LogP contribution is 2.44.